The van der Waals surface area contributed by atoms with E-state index in [1.54, 1.807) is 11.1 Å². The van der Waals surface area contributed by atoms with Crippen LogP contribution in [0.3, 0.4) is 0 Å². The molecule has 2 N–H and O–H groups in total. The van der Waals surface area contributed by atoms with Crippen molar-refractivity contribution >= 4 is 0 Å². The van der Waals surface area contributed by atoms with Crippen molar-refractivity contribution in [2.75, 3.05) is 0 Å². The molecule has 1 saturated carbocycles. The zero-order chi connectivity index (χ0) is 15.0. The van der Waals surface area contributed by atoms with Crippen LogP contribution in [0.5, 0.6) is 0 Å². The first-order valence-electron chi connectivity index (χ1n) is 8.82. The minimum atomic E-state index is 0.247. The fraction of sp³-hybridized carbons (Fsp3) is 0.700. The molecule has 21 heavy (non-hydrogen) atoms. The molecule has 0 heterocycles. The lowest BCUT2D eigenvalue weighted by molar-refractivity contribution is 0.139. The molecule has 1 aromatic rings. The van der Waals surface area contributed by atoms with Crippen molar-refractivity contribution in [2.24, 2.45) is 23.0 Å². The van der Waals surface area contributed by atoms with Crippen molar-refractivity contribution in [3.05, 3.63) is 34.9 Å². The molecule has 0 aliphatic heterocycles. The van der Waals surface area contributed by atoms with Crippen LogP contribution in [0, 0.1) is 17.3 Å². The monoisotopic (exact) mass is 285 g/mol. The van der Waals surface area contributed by atoms with Gasteiger partial charge in [-0.25, -0.2) is 0 Å². The molecule has 2 aliphatic rings. The number of rotatable bonds is 2. The molecule has 1 unspecified atom stereocenters. The molecule has 0 aromatic heterocycles. The van der Waals surface area contributed by atoms with Crippen molar-refractivity contribution in [1.82, 2.24) is 0 Å². The van der Waals surface area contributed by atoms with Gasteiger partial charge in [0.25, 0.3) is 0 Å². The molecule has 0 amide bonds. The predicted molar refractivity (Wildman–Crippen MR) is 90.3 cm³/mol. The Hall–Kier alpha value is -0.820. The largest absolute Gasteiger partial charge is 0.324 e. The molecule has 0 spiro atoms. The molecule has 2 aliphatic carbocycles. The van der Waals surface area contributed by atoms with Crippen LogP contribution in [0.1, 0.15) is 75.6 Å². The van der Waals surface area contributed by atoms with Gasteiger partial charge in [-0.1, -0.05) is 39.0 Å². The summed E-state index contributed by atoms with van der Waals surface area (Å²) in [5, 5.41) is 0. The van der Waals surface area contributed by atoms with Crippen LogP contribution >= 0.6 is 0 Å². The highest BCUT2D eigenvalue weighted by atomic mass is 14.7. The lowest BCUT2D eigenvalue weighted by Crippen LogP contribution is -2.30. The summed E-state index contributed by atoms with van der Waals surface area (Å²) in [5.74, 6) is 1.56. The van der Waals surface area contributed by atoms with Crippen LogP contribution < -0.4 is 5.73 Å². The van der Waals surface area contributed by atoms with Crippen LogP contribution in [-0.2, 0) is 12.8 Å². The second-order valence-electron chi connectivity index (χ2n) is 8.39. The van der Waals surface area contributed by atoms with E-state index in [0.29, 0.717) is 11.3 Å². The second kappa shape index (κ2) is 5.76. The van der Waals surface area contributed by atoms with Crippen molar-refractivity contribution in [2.45, 2.75) is 71.8 Å². The molecule has 0 bridgehead atoms. The SMILES string of the molecule is CC(C)(C)C1CCC(C(N)c2ccc3c(c2)CCC3)CC1. The smallest absolute Gasteiger partial charge is 0.0323 e. The fourth-order valence-corrected chi connectivity index (χ4v) is 4.42. The average Bonchev–Trinajstić information content (AvgIpc) is 2.93. The van der Waals surface area contributed by atoms with E-state index in [0.717, 1.165) is 5.92 Å². The Balaban J connectivity index is 1.65. The molecule has 0 radical (unpaired) electrons. The molecular weight excluding hydrogens is 254 g/mol. The minimum absolute atomic E-state index is 0.247. The summed E-state index contributed by atoms with van der Waals surface area (Å²) in [6.45, 7) is 7.16. The normalized spacial score (nSPS) is 27.4. The Morgan fingerprint density at radius 2 is 1.67 bits per heavy atom. The Morgan fingerprint density at radius 3 is 2.33 bits per heavy atom. The molecule has 1 nitrogen and oxygen atoms in total. The van der Waals surface area contributed by atoms with E-state index in [1.165, 1.54) is 50.5 Å². The van der Waals surface area contributed by atoms with E-state index in [1.807, 2.05) is 0 Å². The molecule has 116 valence electrons. The van der Waals surface area contributed by atoms with Gasteiger partial charge in [0, 0.05) is 6.04 Å². The van der Waals surface area contributed by atoms with Crippen LogP contribution in [0.4, 0.5) is 0 Å². The maximum absolute atomic E-state index is 6.62. The van der Waals surface area contributed by atoms with Gasteiger partial charge >= 0.3 is 0 Å². The van der Waals surface area contributed by atoms with E-state index in [9.17, 15) is 0 Å². The van der Waals surface area contributed by atoms with Crippen LogP contribution in [0.25, 0.3) is 0 Å². The Bertz CT molecular complexity index is 489. The fourth-order valence-electron chi connectivity index (χ4n) is 4.42. The third kappa shape index (κ3) is 3.18. The summed E-state index contributed by atoms with van der Waals surface area (Å²) < 4.78 is 0. The predicted octanol–water partition coefficient (Wildman–Crippen LogP) is 5.03. The number of benzene rings is 1. The number of hydrogen-bond donors (Lipinski definition) is 1. The van der Waals surface area contributed by atoms with Gasteiger partial charge in [-0.3, -0.25) is 0 Å². The summed E-state index contributed by atoms with van der Waals surface area (Å²) in [5.41, 5.74) is 11.6. The highest BCUT2D eigenvalue weighted by Crippen LogP contribution is 2.43. The van der Waals surface area contributed by atoms with E-state index in [-0.39, 0.29) is 6.04 Å². The van der Waals surface area contributed by atoms with E-state index < -0.39 is 0 Å². The third-order valence-corrected chi connectivity index (χ3v) is 6.01. The summed E-state index contributed by atoms with van der Waals surface area (Å²) in [4.78, 5) is 0. The molecule has 1 fully saturated rings. The molecule has 1 aromatic carbocycles. The van der Waals surface area contributed by atoms with Gasteiger partial charge in [0.15, 0.2) is 0 Å². The zero-order valence-corrected chi connectivity index (χ0v) is 14.0. The molecule has 3 rings (SSSR count). The van der Waals surface area contributed by atoms with Gasteiger partial charge in [0.1, 0.15) is 0 Å². The molecule has 1 heteroatoms. The molecule has 0 saturated heterocycles. The summed E-state index contributed by atoms with van der Waals surface area (Å²) in [6, 6.07) is 7.28. The van der Waals surface area contributed by atoms with E-state index >= 15 is 0 Å². The van der Waals surface area contributed by atoms with Crippen molar-refractivity contribution in [3.63, 3.8) is 0 Å². The quantitative estimate of drug-likeness (QED) is 0.810. The van der Waals surface area contributed by atoms with Gasteiger partial charge in [-0.05, 0) is 78.9 Å². The highest BCUT2D eigenvalue weighted by molar-refractivity contribution is 5.36. The van der Waals surface area contributed by atoms with E-state index in [2.05, 4.69) is 39.0 Å². The highest BCUT2D eigenvalue weighted by Gasteiger charge is 2.32. The van der Waals surface area contributed by atoms with Crippen molar-refractivity contribution in [1.29, 1.82) is 0 Å². The third-order valence-electron chi connectivity index (χ3n) is 6.01. The number of fused-ring (bicyclic) bond motifs is 1. The Labute approximate surface area is 130 Å². The van der Waals surface area contributed by atoms with Crippen LogP contribution in [0.2, 0.25) is 0 Å². The van der Waals surface area contributed by atoms with Gasteiger partial charge in [0.2, 0.25) is 0 Å². The zero-order valence-electron chi connectivity index (χ0n) is 14.0. The maximum Gasteiger partial charge on any atom is 0.0323 e. The van der Waals surface area contributed by atoms with Crippen molar-refractivity contribution in [3.8, 4) is 0 Å². The Kier molecular flexibility index (Phi) is 4.14. The topological polar surface area (TPSA) is 26.0 Å². The number of aryl methyl sites for hydroxylation is 2. The summed E-state index contributed by atoms with van der Waals surface area (Å²) in [6.07, 6.45) is 9.17. The van der Waals surface area contributed by atoms with Crippen LogP contribution in [0.15, 0.2) is 18.2 Å². The van der Waals surface area contributed by atoms with E-state index in [4.69, 9.17) is 5.73 Å². The van der Waals surface area contributed by atoms with Crippen LogP contribution in [-0.4, -0.2) is 0 Å². The maximum atomic E-state index is 6.62. The van der Waals surface area contributed by atoms with Gasteiger partial charge in [0.05, 0.1) is 0 Å². The minimum Gasteiger partial charge on any atom is -0.324 e. The number of nitrogens with two attached hydrogens (primary N) is 1. The summed E-state index contributed by atoms with van der Waals surface area (Å²) >= 11 is 0. The standard InChI is InChI=1S/C20H31N/c1-20(2,3)18-11-9-15(10-12-18)19(21)17-8-7-14-5-4-6-16(14)13-17/h7-8,13,15,18-19H,4-6,9-12,21H2,1-3H3. The second-order valence-corrected chi connectivity index (χ2v) is 8.39. The van der Waals surface area contributed by atoms with Gasteiger partial charge in [-0.2, -0.15) is 0 Å². The molecular formula is C20H31N. The lowest BCUT2D eigenvalue weighted by atomic mass is 9.68. The molecule has 1 atom stereocenters. The van der Waals surface area contributed by atoms with Crippen molar-refractivity contribution < 1.29 is 0 Å². The average molecular weight is 285 g/mol. The first-order chi connectivity index (χ1) is 9.95. The van der Waals surface area contributed by atoms with Gasteiger partial charge < -0.3 is 5.73 Å². The number of hydrogen-bond acceptors (Lipinski definition) is 1. The summed E-state index contributed by atoms with van der Waals surface area (Å²) in [7, 11) is 0. The first-order valence-corrected chi connectivity index (χ1v) is 8.82. The van der Waals surface area contributed by atoms with Gasteiger partial charge in [-0.15, -0.1) is 0 Å². The Morgan fingerprint density at radius 1 is 1.00 bits per heavy atom. The first kappa shape index (κ1) is 15.1. The lowest BCUT2D eigenvalue weighted by Gasteiger charge is -2.38.